The molecular formula is C19H16O2. The van der Waals surface area contributed by atoms with Crippen LogP contribution in [0.25, 0.3) is 0 Å². The largest absolute Gasteiger partial charge is 0.481 e. The molecule has 0 unspecified atom stereocenters. The number of rotatable bonds is 2. The molecule has 0 N–H and O–H groups in total. The molecule has 2 aromatic carbocycles. The molecule has 2 nitrogen and oxygen atoms in total. The number of ketones is 1. The summed E-state index contributed by atoms with van der Waals surface area (Å²) in [4.78, 5) is 11.8. The number of aryl methyl sites for hydroxylation is 1. The predicted molar refractivity (Wildman–Crippen MR) is 82.5 cm³/mol. The number of fused-ring (bicyclic) bond motifs is 1. The van der Waals surface area contributed by atoms with E-state index >= 15 is 0 Å². The molecule has 0 spiro atoms. The zero-order chi connectivity index (χ0) is 14.5. The van der Waals surface area contributed by atoms with Crippen LogP contribution < -0.4 is 4.74 Å². The lowest BCUT2D eigenvalue weighted by Crippen LogP contribution is -2.10. The quantitative estimate of drug-likeness (QED) is 0.783. The molecule has 0 heterocycles. The van der Waals surface area contributed by atoms with Gasteiger partial charge in [-0.2, -0.15) is 0 Å². The van der Waals surface area contributed by atoms with Gasteiger partial charge in [0.1, 0.15) is 12.4 Å². The highest BCUT2D eigenvalue weighted by molar-refractivity contribution is 5.98. The Hall–Kier alpha value is -2.53. The maximum atomic E-state index is 11.8. The molecule has 0 saturated heterocycles. The summed E-state index contributed by atoms with van der Waals surface area (Å²) < 4.78 is 5.64. The molecule has 104 valence electrons. The fourth-order valence-corrected chi connectivity index (χ4v) is 2.49. The molecule has 3 rings (SSSR count). The van der Waals surface area contributed by atoms with Crippen LogP contribution in [0.15, 0.2) is 48.5 Å². The van der Waals surface area contributed by atoms with Gasteiger partial charge in [0.05, 0.1) is 0 Å². The zero-order valence-corrected chi connectivity index (χ0v) is 11.8. The molecular weight excluding hydrogens is 260 g/mol. The second kappa shape index (κ2) is 6.28. The van der Waals surface area contributed by atoms with Crippen molar-refractivity contribution in [2.24, 2.45) is 0 Å². The van der Waals surface area contributed by atoms with E-state index in [1.807, 2.05) is 48.5 Å². The highest BCUT2D eigenvalue weighted by Gasteiger charge is 2.17. The first-order valence-corrected chi connectivity index (χ1v) is 7.16. The van der Waals surface area contributed by atoms with E-state index in [1.165, 1.54) is 0 Å². The molecule has 0 aromatic heterocycles. The molecule has 0 fully saturated rings. The SMILES string of the molecule is O=C1CCCc2cc(OCC#Cc3ccccc3)ccc21. The van der Waals surface area contributed by atoms with Gasteiger partial charge in [-0.3, -0.25) is 4.79 Å². The number of hydrogen-bond donors (Lipinski definition) is 0. The summed E-state index contributed by atoms with van der Waals surface area (Å²) in [6, 6.07) is 15.5. The van der Waals surface area contributed by atoms with Gasteiger partial charge >= 0.3 is 0 Å². The van der Waals surface area contributed by atoms with Crippen LogP contribution in [0.5, 0.6) is 5.75 Å². The lowest BCUT2D eigenvalue weighted by atomic mass is 9.91. The van der Waals surface area contributed by atoms with Crippen LogP contribution in [0.3, 0.4) is 0 Å². The van der Waals surface area contributed by atoms with Crippen molar-refractivity contribution in [3.05, 3.63) is 65.2 Å². The van der Waals surface area contributed by atoms with E-state index in [1.54, 1.807) is 0 Å². The van der Waals surface area contributed by atoms with E-state index in [-0.39, 0.29) is 5.78 Å². The minimum absolute atomic E-state index is 0.242. The molecule has 0 saturated carbocycles. The minimum Gasteiger partial charge on any atom is -0.481 e. The van der Waals surface area contributed by atoms with Gasteiger partial charge in [0.25, 0.3) is 0 Å². The summed E-state index contributed by atoms with van der Waals surface area (Å²) in [5.74, 6) is 7.08. The van der Waals surface area contributed by atoms with Gasteiger partial charge in [0, 0.05) is 17.5 Å². The van der Waals surface area contributed by atoms with E-state index < -0.39 is 0 Å². The lowest BCUT2D eigenvalue weighted by molar-refractivity contribution is 0.0972. The normalized spacial score (nSPS) is 13.0. The minimum atomic E-state index is 0.242. The van der Waals surface area contributed by atoms with Crippen LogP contribution in [-0.2, 0) is 6.42 Å². The zero-order valence-electron chi connectivity index (χ0n) is 11.8. The highest BCUT2D eigenvalue weighted by atomic mass is 16.5. The summed E-state index contributed by atoms with van der Waals surface area (Å²) in [5, 5.41) is 0. The van der Waals surface area contributed by atoms with Gasteiger partial charge in [-0.15, -0.1) is 0 Å². The van der Waals surface area contributed by atoms with Gasteiger partial charge in [0.15, 0.2) is 5.78 Å². The van der Waals surface area contributed by atoms with E-state index in [2.05, 4.69) is 11.8 Å². The Morgan fingerprint density at radius 1 is 1.05 bits per heavy atom. The lowest BCUT2D eigenvalue weighted by Gasteiger charge is -2.15. The molecule has 21 heavy (non-hydrogen) atoms. The first-order valence-electron chi connectivity index (χ1n) is 7.16. The van der Waals surface area contributed by atoms with Gasteiger partial charge in [-0.25, -0.2) is 0 Å². The average Bonchev–Trinajstić information content (AvgIpc) is 2.53. The maximum Gasteiger partial charge on any atom is 0.163 e. The Kier molecular flexibility index (Phi) is 4.02. The molecule has 0 amide bonds. The molecule has 0 radical (unpaired) electrons. The molecule has 0 bridgehead atoms. The van der Waals surface area contributed by atoms with Crippen LogP contribution in [0.1, 0.15) is 34.3 Å². The van der Waals surface area contributed by atoms with Crippen molar-refractivity contribution in [3.63, 3.8) is 0 Å². The average molecular weight is 276 g/mol. The Morgan fingerprint density at radius 2 is 1.90 bits per heavy atom. The van der Waals surface area contributed by atoms with Crippen LogP contribution in [0.4, 0.5) is 0 Å². The van der Waals surface area contributed by atoms with Crippen LogP contribution >= 0.6 is 0 Å². The Balaban J connectivity index is 1.64. The second-order valence-corrected chi connectivity index (χ2v) is 5.05. The van der Waals surface area contributed by atoms with E-state index in [0.29, 0.717) is 13.0 Å². The smallest absolute Gasteiger partial charge is 0.163 e. The van der Waals surface area contributed by atoms with Crippen molar-refractivity contribution in [2.75, 3.05) is 6.61 Å². The third-order valence-corrected chi connectivity index (χ3v) is 3.54. The first-order chi connectivity index (χ1) is 10.3. The number of carbonyl (C=O) groups excluding carboxylic acids is 1. The number of carbonyl (C=O) groups is 1. The van der Waals surface area contributed by atoms with Crippen molar-refractivity contribution >= 4 is 5.78 Å². The third-order valence-electron chi connectivity index (χ3n) is 3.54. The summed E-state index contributed by atoms with van der Waals surface area (Å²) >= 11 is 0. The van der Waals surface area contributed by atoms with Crippen molar-refractivity contribution in [1.82, 2.24) is 0 Å². The monoisotopic (exact) mass is 276 g/mol. The maximum absolute atomic E-state index is 11.8. The van der Waals surface area contributed by atoms with Gasteiger partial charge in [0.2, 0.25) is 0 Å². The predicted octanol–water partition coefficient (Wildman–Crippen LogP) is 3.64. The topological polar surface area (TPSA) is 26.3 Å². The summed E-state index contributed by atoms with van der Waals surface area (Å²) in [6.45, 7) is 0.349. The molecule has 2 aromatic rings. The van der Waals surface area contributed by atoms with Gasteiger partial charge in [-0.05, 0) is 48.7 Å². The third kappa shape index (κ3) is 3.32. The Morgan fingerprint density at radius 3 is 2.76 bits per heavy atom. The molecule has 0 atom stereocenters. The van der Waals surface area contributed by atoms with E-state index in [9.17, 15) is 4.79 Å². The van der Waals surface area contributed by atoms with Crippen molar-refractivity contribution < 1.29 is 9.53 Å². The number of hydrogen-bond acceptors (Lipinski definition) is 2. The molecule has 0 aliphatic heterocycles. The van der Waals surface area contributed by atoms with Crippen LogP contribution in [0, 0.1) is 11.8 Å². The Bertz CT molecular complexity index is 705. The van der Waals surface area contributed by atoms with Crippen molar-refractivity contribution in [3.8, 4) is 17.6 Å². The van der Waals surface area contributed by atoms with Crippen molar-refractivity contribution in [2.45, 2.75) is 19.3 Å². The molecule has 1 aliphatic carbocycles. The Labute approximate surface area is 124 Å². The van der Waals surface area contributed by atoms with Gasteiger partial charge < -0.3 is 4.74 Å². The standard InChI is InChI=1S/C19H16O2/c20-19-10-4-9-16-14-17(11-12-18(16)19)21-13-5-8-15-6-2-1-3-7-15/h1-3,6-7,11-12,14H,4,9-10,13H2. The first kappa shape index (κ1) is 13.5. The van der Waals surface area contributed by atoms with Crippen LogP contribution in [-0.4, -0.2) is 12.4 Å². The summed E-state index contributed by atoms with van der Waals surface area (Å²) in [5.41, 5.74) is 2.93. The molecule has 1 aliphatic rings. The number of Topliss-reactive ketones (excluding diaryl/α,β-unsaturated/α-hetero) is 1. The highest BCUT2D eigenvalue weighted by Crippen LogP contribution is 2.25. The summed E-state index contributed by atoms with van der Waals surface area (Å²) in [7, 11) is 0. The van der Waals surface area contributed by atoms with E-state index in [4.69, 9.17) is 4.74 Å². The summed E-state index contributed by atoms with van der Waals surface area (Å²) in [6.07, 6.45) is 2.55. The van der Waals surface area contributed by atoms with E-state index in [0.717, 1.165) is 35.3 Å². The van der Waals surface area contributed by atoms with Crippen molar-refractivity contribution in [1.29, 1.82) is 0 Å². The van der Waals surface area contributed by atoms with Crippen LogP contribution in [0.2, 0.25) is 0 Å². The fourth-order valence-electron chi connectivity index (χ4n) is 2.49. The second-order valence-electron chi connectivity index (χ2n) is 5.05. The number of ether oxygens (including phenoxy) is 1. The molecule has 2 heteroatoms. The fraction of sp³-hybridized carbons (Fsp3) is 0.211. The van der Waals surface area contributed by atoms with Gasteiger partial charge in [-0.1, -0.05) is 30.0 Å². The number of benzene rings is 2.